The summed E-state index contributed by atoms with van der Waals surface area (Å²) >= 11 is 0.745. The fraction of sp³-hybridized carbons (Fsp3) is 0.304. The van der Waals surface area contributed by atoms with Crippen molar-refractivity contribution < 1.29 is 23.5 Å². The lowest BCUT2D eigenvalue weighted by molar-refractivity contribution is -0.123. The number of ether oxygens (including phenoxy) is 1. The molecule has 2 heterocycles. The van der Waals surface area contributed by atoms with Crippen LogP contribution in [0.1, 0.15) is 50.2 Å². The van der Waals surface area contributed by atoms with Crippen LogP contribution in [-0.2, 0) is 16.0 Å². The predicted molar refractivity (Wildman–Crippen MR) is 129 cm³/mol. The van der Waals surface area contributed by atoms with E-state index >= 15 is 0 Å². The summed E-state index contributed by atoms with van der Waals surface area (Å²) in [6, 6.07) is 9.41. The molecule has 10 nitrogen and oxygen atoms in total. The molecule has 0 spiro atoms. The quantitative estimate of drug-likeness (QED) is 0.373. The highest BCUT2D eigenvalue weighted by molar-refractivity contribution is 7.09. The summed E-state index contributed by atoms with van der Waals surface area (Å²) in [4.78, 5) is 40.1. The van der Waals surface area contributed by atoms with Crippen molar-refractivity contribution in [3.63, 3.8) is 0 Å². The van der Waals surface area contributed by atoms with Crippen molar-refractivity contribution in [2.24, 2.45) is 5.73 Å². The lowest BCUT2D eigenvalue weighted by atomic mass is 10.1. The molecule has 0 aliphatic heterocycles. The van der Waals surface area contributed by atoms with E-state index in [2.05, 4.69) is 9.69 Å². The number of nitrogen functional groups attached to an aromatic ring is 1. The van der Waals surface area contributed by atoms with Crippen LogP contribution in [0.3, 0.4) is 0 Å². The molecule has 0 radical (unpaired) electrons. The number of amides is 3. The number of carbonyl (C=O) groups excluding carboxylic acids is 3. The summed E-state index contributed by atoms with van der Waals surface area (Å²) in [5.41, 5.74) is 12.5. The van der Waals surface area contributed by atoms with Crippen LogP contribution in [0.25, 0.3) is 0 Å². The average Bonchev–Trinajstić information content (AvgIpc) is 3.42. The lowest BCUT2D eigenvalue weighted by Crippen LogP contribution is -2.44. The van der Waals surface area contributed by atoms with Crippen molar-refractivity contribution in [2.75, 3.05) is 30.9 Å². The highest BCUT2D eigenvalue weighted by Crippen LogP contribution is 2.34. The highest BCUT2D eigenvalue weighted by Gasteiger charge is 2.37. The minimum Gasteiger partial charge on any atom is -0.464 e. The van der Waals surface area contributed by atoms with Gasteiger partial charge in [-0.15, -0.1) is 0 Å². The van der Waals surface area contributed by atoms with E-state index in [9.17, 15) is 14.4 Å². The fourth-order valence-corrected chi connectivity index (χ4v) is 4.10. The smallest absolute Gasteiger partial charge is 0.273 e. The number of aryl methyl sites for hydroxylation is 2. The Kier molecular flexibility index (Phi) is 8.03. The number of rotatable bonds is 10. The van der Waals surface area contributed by atoms with Crippen LogP contribution in [0, 0.1) is 6.92 Å². The molecule has 180 valence electrons. The molecule has 0 aliphatic rings. The Morgan fingerprint density at radius 1 is 1.21 bits per heavy atom. The van der Waals surface area contributed by atoms with Crippen molar-refractivity contribution in [2.45, 2.75) is 26.3 Å². The van der Waals surface area contributed by atoms with Crippen molar-refractivity contribution in [1.82, 2.24) is 9.69 Å². The summed E-state index contributed by atoms with van der Waals surface area (Å²) in [5, 5.41) is 2.77. The third kappa shape index (κ3) is 5.26. The number of anilines is 2. The van der Waals surface area contributed by atoms with Crippen LogP contribution < -0.4 is 21.7 Å². The maximum atomic E-state index is 13.8. The SMILES string of the molecule is CCc1ccc(N(C(=O)c2snc(C(N)=O)c2N)C(C(=O)NCCOC)c2ccc(C)o2)cc1. The van der Waals surface area contributed by atoms with Crippen LogP contribution >= 0.6 is 11.5 Å². The van der Waals surface area contributed by atoms with Crippen molar-refractivity contribution in [3.05, 3.63) is 64.1 Å². The summed E-state index contributed by atoms with van der Waals surface area (Å²) in [7, 11) is 1.52. The van der Waals surface area contributed by atoms with Crippen LogP contribution in [0.4, 0.5) is 11.4 Å². The summed E-state index contributed by atoms with van der Waals surface area (Å²) < 4.78 is 14.7. The van der Waals surface area contributed by atoms with Gasteiger partial charge < -0.3 is 25.9 Å². The zero-order valence-corrected chi connectivity index (χ0v) is 20.0. The normalized spacial score (nSPS) is 11.7. The topological polar surface area (TPSA) is 154 Å². The van der Waals surface area contributed by atoms with Crippen molar-refractivity contribution >= 4 is 40.6 Å². The number of methoxy groups -OCH3 is 1. The van der Waals surface area contributed by atoms with Gasteiger partial charge >= 0.3 is 0 Å². The number of furan rings is 1. The Hall–Kier alpha value is -3.70. The minimum absolute atomic E-state index is 0.00802. The van der Waals surface area contributed by atoms with E-state index in [0.717, 1.165) is 23.5 Å². The first-order chi connectivity index (χ1) is 16.3. The Balaban J connectivity index is 2.14. The lowest BCUT2D eigenvalue weighted by Gasteiger charge is -2.29. The molecule has 0 fully saturated rings. The number of primary amides is 1. The third-order valence-electron chi connectivity index (χ3n) is 5.14. The van der Waals surface area contributed by atoms with E-state index in [1.54, 1.807) is 31.2 Å². The molecular formula is C23H27N5O5S. The number of nitrogens with one attached hydrogen (secondary N) is 1. The summed E-state index contributed by atoms with van der Waals surface area (Å²) in [5.74, 6) is -1.10. The van der Waals surface area contributed by atoms with Crippen LogP contribution in [0.5, 0.6) is 0 Å². The van der Waals surface area contributed by atoms with Crippen molar-refractivity contribution in [1.29, 1.82) is 0 Å². The molecule has 1 unspecified atom stereocenters. The molecule has 2 aromatic heterocycles. The standard InChI is InChI=1S/C23H27N5O5S/c1-4-14-6-8-15(9-7-14)28(23(31)20-17(24)18(21(25)29)27-34-20)19(16-10-5-13(2)33-16)22(30)26-11-12-32-3/h5-10,19H,4,11-12,24H2,1-3H3,(H2,25,29)(H,26,30). The maximum Gasteiger partial charge on any atom is 0.273 e. The van der Waals surface area contributed by atoms with Gasteiger partial charge in [0.05, 0.1) is 12.3 Å². The first kappa shape index (κ1) is 24.9. The van der Waals surface area contributed by atoms with E-state index in [1.165, 1.54) is 12.0 Å². The number of nitrogens with two attached hydrogens (primary N) is 2. The summed E-state index contributed by atoms with van der Waals surface area (Å²) in [6.07, 6.45) is 0.802. The van der Waals surface area contributed by atoms with Crippen LogP contribution in [0.2, 0.25) is 0 Å². The molecule has 0 aliphatic carbocycles. The molecule has 34 heavy (non-hydrogen) atoms. The summed E-state index contributed by atoms with van der Waals surface area (Å²) in [6.45, 7) is 4.28. The second-order valence-electron chi connectivity index (χ2n) is 7.47. The monoisotopic (exact) mass is 485 g/mol. The largest absolute Gasteiger partial charge is 0.464 e. The molecule has 5 N–H and O–H groups in total. The zero-order chi connectivity index (χ0) is 24.8. The zero-order valence-electron chi connectivity index (χ0n) is 19.2. The van der Waals surface area contributed by atoms with E-state index in [0.29, 0.717) is 18.1 Å². The van der Waals surface area contributed by atoms with Gasteiger partial charge in [0, 0.05) is 19.3 Å². The molecule has 11 heteroatoms. The van der Waals surface area contributed by atoms with E-state index in [4.69, 9.17) is 20.6 Å². The number of carbonyl (C=O) groups is 3. The van der Waals surface area contributed by atoms with Gasteiger partial charge in [-0.1, -0.05) is 19.1 Å². The Morgan fingerprint density at radius 2 is 1.91 bits per heavy atom. The van der Waals surface area contributed by atoms with Gasteiger partial charge in [0.15, 0.2) is 11.7 Å². The van der Waals surface area contributed by atoms with Gasteiger partial charge in [0.1, 0.15) is 16.4 Å². The van der Waals surface area contributed by atoms with E-state index < -0.39 is 23.8 Å². The molecule has 3 aromatic rings. The third-order valence-corrected chi connectivity index (χ3v) is 5.99. The van der Waals surface area contributed by atoms with Gasteiger partial charge in [-0.3, -0.25) is 19.3 Å². The second-order valence-corrected chi connectivity index (χ2v) is 8.24. The number of nitrogens with zero attached hydrogens (tertiary/aromatic N) is 2. The molecule has 0 saturated carbocycles. The van der Waals surface area contributed by atoms with Crippen LogP contribution in [0.15, 0.2) is 40.8 Å². The molecule has 1 aromatic carbocycles. The number of hydrogen-bond donors (Lipinski definition) is 3. The van der Waals surface area contributed by atoms with E-state index in [1.807, 2.05) is 19.1 Å². The number of benzene rings is 1. The molecule has 3 rings (SSSR count). The molecule has 1 atom stereocenters. The highest BCUT2D eigenvalue weighted by atomic mass is 32.1. The predicted octanol–water partition coefficient (Wildman–Crippen LogP) is 2.44. The first-order valence-corrected chi connectivity index (χ1v) is 11.4. The van der Waals surface area contributed by atoms with Crippen LogP contribution in [-0.4, -0.2) is 42.4 Å². The number of aromatic nitrogens is 1. The Bertz CT molecular complexity index is 1170. The fourth-order valence-electron chi connectivity index (χ4n) is 3.36. The molecular weight excluding hydrogens is 458 g/mol. The Labute approximate surface area is 201 Å². The molecule has 3 amide bonds. The van der Waals surface area contributed by atoms with Gasteiger partial charge in [0.2, 0.25) is 0 Å². The van der Waals surface area contributed by atoms with Gasteiger partial charge in [-0.05, 0) is 54.7 Å². The molecule has 0 bridgehead atoms. The number of hydrogen-bond acceptors (Lipinski definition) is 8. The first-order valence-electron chi connectivity index (χ1n) is 10.6. The average molecular weight is 486 g/mol. The Morgan fingerprint density at radius 3 is 2.44 bits per heavy atom. The van der Waals surface area contributed by atoms with E-state index in [-0.39, 0.29) is 28.6 Å². The van der Waals surface area contributed by atoms with Gasteiger partial charge in [0.25, 0.3) is 17.7 Å². The maximum absolute atomic E-state index is 13.8. The van der Waals surface area contributed by atoms with Crippen molar-refractivity contribution in [3.8, 4) is 0 Å². The van der Waals surface area contributed by atoms with Gasteiger partial charge in [-0.25, -0.2) is 0 Å². The minimum atomic E-state index is -1.16. The molecule has 0 saturated heterocycles. The second kappa shape index (κ2) is 10.9. The van der Waals surface area contributed by atoms with Gasteiger partial charge in [-0.2, -0.15) is 4.37 Å².